The highest BCUT2D eigenvalue weighted by Crippen LogP contribution is 2.19. The molecule has 1 fully saturated rings. The molecule has 1 N–H and O–H groups in total. The first-order valence-electron chi connectivity index (χ1n) is 6.48. The summed E-state index contributed by atoms with van der Waals surface area (Å²) in [5, 5.41) is 9.13. The Balaban J connectivity index is 1.93. The van der Waals surface area contributed by atoms with Crippen molar-refractivity contribution in [3.05, 3.63) is 28.7 Å². The van der Waals surface area contributed by atoms with Crippen LogP contribution in [0.5, 0.6) is 5.75 Å². The number of ether oxygens (including phenoxy) is 1. The van der Waals surface area contributed by atoms with Gasteiger partial charge in [0, 0.05) is 11.0 Å². The molecule has 0 bridgehead atoms. The molecule has 1 aliphatic heterocycles. The Morgan fingerprint density at radius 1 is 1.30 bits per heavy atom. The highest BCUT2D eigenvalue weighted by molar-refractivity contribution is 9.10. The molecule has 0 radical (unpaired) electrons. The number of hydrogen-bond donors (Lipinski definition) is 1. The molecule has 0 spiro atoms. The number of carbonyl (C=O) groups is 2. The van der Waals surface area contributed by atoms with Crippen molar-refractivity contribution in [1.82, 2.24) is 4.90 Å². The average Bonchev–Trinajstić information content (AvgIpc) is 2.46. The molecule has 1 atom stereocenters. The monoisotopic (exact) mass is 341 g/mol. The zero-order valence-electron chi connectivity index (χ0n) is 10.9. The summed E-state index contributed by atoms with van der Waals surface area (Å²) in [6, 6.07) is 6.43. The smallest absolute Gasteiger partial charge is 0.326 e. The molecule has 0 aromatic heterocycles. The number of likely N-dealkylation sites (tertiary alicyclic amines) is 1. The number of amides is 1. The summed E-state index contributed by atoms with van der Waals surface area (Å²) >= 11 is 3.32. The zero-order valence-corrected chi connectivity index (χ0v) is 12.5. The summed E-state index contributed by atoms with van der Waals surface area (Å²) in [6.07, 6.45) is 2.20. The normalized spacial score (nSPS) is 18.6. The van der Waals surface area contributed by atoms with E-state index in [0.717, 1.165) is 17.3 Å². The molecule has 1 unspecified atom stereocenters. The first-order valence-corrected chi connectivity index (χ1v) is 7.28. The molecular formula is C14H16BrNO4. The molecule has 6 heteroatoms. The van der Waals surface area contributed by atoms with Gasteiger partial charge in [0.2, 0.25) is 0 Å². The van der Waals surface area contributed by atoms with Crippen molar-refractivity contribution in [2.75, 3.05) is 13.2 Å². The molecule has 1 aromatic carbocycles. The summed E-state index contributed by atoms with van der Waals surface area (Å²) in [5.74, 6) is -0.632. The summed E-state index contributed by atoms with van der Waals surface area (Å²) in [4.78, 5) is 24.6. The average molecular weight is 342 g/mol. The highest BCUT2D eigenvalue weighted by atomic mass is 79.9. The third-order valence-corrected chi connectivity index (χ3v) is 3.81. The summed E-state index contributed by atoms with van der Waals surface area (Å²) in [5.41, 5.74) is 0. The molecule has 5 nitrogen and oxygen atoms in total. The lowest BCUT2D eigenvalue weighted by atomic mass is 10.0. The number of halogens is 1. The number of rotatable bonds is 4. The minimum atomic E-state index is -0.943. The largest absolute Gasteiger partial charge is 0.484 e. The van der Waals surface area contributed by atoms with E-state index in [1.165, 1.54) is 4.90 Å². The maximum atomic E-state index is 12.1. The van der Waals surface area contributed by atoms with E-state index in [1.807, 2.05) is 12.1 Å². The summed E-state index contributed by atoms with van der Waals surface area (Å²) in [7, 11) is 0. The number of carboxylic acids is 1. The van der Waals surface area contributed by atoms with Crippen molar-refractivity contribution in [3.63, 3.8) is 0 Å². The van der Waals surface area contributed by atoms with Gasteiger partial charge in [0.25, 0.3) is 5.91 Å². The molecule has 108 valence electrons. The quantitative estimate of drug-likeness (QED) is 0.912. The minimum absolute atomic E-state index is 0.134. The number of benzene rings is 1. The standard InChI is InChI=1S/C14H16BrNO4/c15-10-4-6-11(7-5-10)20-9-13(17)16-8-2-1-3-12(16)14(18)19/h4-7,12H,1-3,8-9H2,(H,18,19). The molecule has 1 amide bonds. The van der Waals surface area contributed by atoms with Gasteiger partial charge in [-0.25, -0.2) is 4.79 Å². The van der Waals surface area contributed by atoms with E-state index in [-0.39, 0.29) is 12.5 Å². The third-order valence-electron chi connectivity index (χ3n) is 3.28. The van der Waals surface area contributed by atoms with Crippen LogP contribution in [-0.4, -0.2) is 41.1 Å². The lowest BCUT2D eigenvalue weighted by molar-refractivity contribution is -0.152. The van der Waals surface area contributed by atoms with Gasteiger partial charge in [-0.1, -0.05) is 15.9 Å². The van der Waals surface area contributed by atoms with Crippen LogP contribution >= 0.6 is 15.9 Å². The van der Waals surface area contributed by atoms with E-state index in [1.54, 1.807) is 12.1 Å². The van der Waals surface area contributed by atoms with Gasteiger partial charge >= 0.3 is 5.97 Å². The van der Waals surface area contributed by atoms with Crippen LogP contribution in [0.15, 0.2) is 28.7 Å². The van der Waals surface area contributed by atoms with Crippen LogP contribution < -0.4 is 4.74 Å². The second kappa shape index (κ2) is 6.74. The fourth-order valence-electron chi connectivity index (χ4n) is 2.25. The van der Waals surface area contributed by atoms with Crippen LogP contribution in [0.3, 0.4) is 0 Å². The first kappa shape index (κ1) is 14.8. The van der Waals surface area contributed by atoms with Gasteiger partial charge in [-0.3, -0.25) is 4.79 Å². The van der Waals surface area contributed by atoms with Crippen molar-refractivity contribution >= 4 is 27.8 Å². The number of hydrogen-bond acceptors (Lipinski definition) is 3. The van der Waals surface area contributed by atoms with E-state index < -0.39 is 12.0 Å². The van der Waals surface area contributed by atoms with E-state index in [2.05, 4.69) is 15.9 Å². The van der Waals surface area contributed by atoms with Crippen molar-refractivity contribution in [2.24, 2.45) is 0 Å². The van der Waals surface area contributed by atoms with E-state index >= 15 is 0 Å². The van der Waals surface area contributed by atoms with Crippen LogP contribution in [0, 0.1) is 0 Å². The molecule has 2 rings (SSSR count). The maximum absolute atomic E-state index is 12.1. The Morgan fingerprint density at radius 3 is 2.65 bits per heavy atom. The predicted molar refractivity (Wildman–Crippen MR) is 76.6 cm³/mol. The van der Waals surface area contributed by atoms with Crippen molar-refractivity contribution < 1.29 is 19.4 Å². The SMILES string of the molecule is O=C(O)C1CCCCN1C(=O)COc1ccc(Br)cc1. The lowest BCUT2D eigenvalue weighted by Gasteiger charge is -2.32. The molecule has 0 aliphatic carbocycles. The van der Waals surface area contributed by atoms with Crippen molar-refractivity contribution in [3.8, 4) is 5.75 Å². The highest BCUT2D eigenvalue weighted by Gasteiger charge is 2.31. The molecule has 0 saturated carbocycles. The van der Waals surface area contributed by atoms with Crippen LogP contribution in [0.4, 0.5) is 0 Å². The van der Waals surface area contributed by atoms with Gasteiger partial charge in [0.05, 0.1) is 0 Å². The van der Waals surface area contributed by atoms with Crippen LogP contribution in [0.2, 0.25) is 0 Å². The summed E-state index contributed by atoms with van der Waals surface area (Å²) < 4.78 is 6.33. The van der Waals surface area contributed by atoms with Crippen LogP contribution in [0.1, 0.15) is 19.3 Å². The fourth-order valence-corrected chi connectivity index (χ4v) is 2.51. The minimum Gasteiger partial charge on any atom is -0.484 e. The van der Waals surface area contributed by atoms with Gasteiger partial charge in [0.1, 0.15) is 11.8 Å². The van der Waals surface area contributed by atoms with Crippen molar-refractivity contribution in [1.29, 1.82) is 0 Å². The fraction of sp³-hybridized carbons (Fsp3) is 0.429. The maximum Gasteiger partial charge on any atom is 0.326 e. The van der Waals surface area contributed by atoms with Gasteiger partial charge < -0.3 is 14.7 Å². The lowest BCUT2D eigenvalue weighted by Crippen LogP contribution is -2.49. The number of carbonyl (C=O) groups excluding carboxylic acids is 1. The predicted octanol–water partition coefficient (Wildman–Crippen LogP) is 2.29. The first-order chi connectivity index (χ1) is 9.58. The van der Waals surface area contributed by atoms with Gasteiger partial charge in [-0.2, -0.15) is 0 Å². The number of nitrogens with zero attached hydrogens (tertiary/aromatic N) is 1. The van der Waals surface area contributed by atoms with Gasteiger partial charge in [0.15, 0.2) is 6.61 Å². The molecule has 1 aromatic rings. The Hall–Kier alpha value is -1.56. The Kier molecular flexibility index (Phi) is 5.00. The second-order valence-corrected chi connectivity index (χ2v) is 5.60. The van der Waals surface area contributed by atoms with Crippen LogP contribution in [0.25, 0.3) is 0 Å². The third kappa shape index (κ3) is 3.72. The van der Waals surface area contributed by atoms with Gasteiger partial charge in [-0.15, -0.1) is 0 Å². The van der Waals surface area contributed by atoms with E-state index in [0.29, 0.717) is 18.7 Å². The Morgan fingerprint density at radius 2 is 2.00 bits per heavy atom. The Bertz CT molecular complexity index is 488. The molecule has 1 heterocycles. The van der Waals surface area contributed by atoms with Crippen molar-refractivity contribution in [2.45, 2.75) is 25.3 Å². The topological polar surface area (TPSA) is 66.8 Å². The molecule has 1 saturated heterocycles. The van der Waals surface area contributed by atoms with E-state index in [4.69, 9.17) is 9.84 Å². The Labute approximate surface area is 125 Å². The van der Waals surface area contributed by atoms with Crippen LogP contribution in [-0.2, 0) is 9.59 Å². The number of aliphatic carboxylic acids is 1. The number of piperidine rings is 1. The zero-order chi connectivity index (χ0) is 14.5. The molecule has 20 heavy (non-hydrogen) atoms. The number of carboxylic acid groups (broad SMARTS) is 1. The molecule has 1 aliphatic rings. The molecular weight excluding hydrogens is 326 g/mol. The second-order valence-electron chi connectivity index (χ2n) is 4.68. The summed E-state index contributed by atoms with van der Waals surface area (Å²) in [6.45, 7) is 0.352. The van der Waals surface area contributed by atoms with E-state index in [9.17, 15) is 9.59 Å². The van der Waals surface area contributed by atoms with Gasteiger partial charge in [-0.05, 0) is 43.5 Å².